The Morgan fingerprint density at radius 2 is 1.69 bits per heavy atom. The first-order valence-corrected chi connectivity index (χ1v) is 9.74. The van der Waals surface area contributed by atoms with Gasteiger partial charge in [0.2, 0.25) is 0 Å². The van der Waals surface area contributed by atoms with E-state index in [1.165, 1.54) is 0 Å². The number of carbonyl (C=O) groups excluding carboxylic acids is 2. The number of amides is 1. The maximum atomic E-state index is 12.4. The number of aryl methyl sites for hydroxylation is 2. The fourth-order valence-electron chi connectivity index (χ4n) is 3.10. The summed E-state index contributed by atoms with van der Waals surface area (Å²) in [5.41, 5.74) is 4.38. The minimum atomic E-state index is -0.561. The first-order chi connectivity index (χ1) is 14.0. The monoisotopic (exact) mass is 391 g/mol. The van der Waals surface area contributed by atoms with E-state index in [4.69, 9.17) is 4.74 Å². The summed E-state index contributed by atoms with van der Waals surface area (Å²) in [6.45, 7) is 5.50. The lowest BCUT2D eigenvalue weighted by atomic mass is 10.0. The zero-order valence-electron chi connectivity index (χ0n) is 16.9. The highest BCUT2D eigenvalue weighted by molar-refractivity contribution is 5.94. The predicted molar refractivity (Wildman–Crippen MR) is 112 cm³/mol. The molecule has 0 aliphatic rings. The van der Waals surface area contributed by atoms with Crippen molar-refractivity contribution in [1.82, 2.24) is 15.3 Å². The summed E-state index contributed by atoms with van der Waals surface area (Å²) in [5, 5.41) is 2.95. The summed E-state index contributed by atoms with van der Waals surface area (Å²) in [7, 11) is 0. The number of esters is 1. The van der Waals surface area contributed by atoms with E-state index in [0.717, 1.165) is 29.8 Å². The van der Waals surface area contributed by atoms with Gasteiger partial charge in [0.05, 0.1) is 34.0 Å². The fourth-order valence-corrected chi connectivity index (χ4v) is 3.10. The van der Waals surface area contributed by atoms with Gasteiger partial charge in [0.1, 0.15) is 0 Å². The van der Waals surface area contributed by atoms with Gasteiger partial charge in [-0.2, -0.15) is 0 Å². The predicted octanol–water partition coefficient (Wildman–Crippen LogP) is 4.06. The Morgan fingerprint density at radius 1 is 1.00 bits per heavy atom. The first kappa shape index (κ1) is 20.5. The normalized spacial score (nSPS) is 11.8. The molecule has 0 unspecified atom stereocenters. The average Bonchev–Trinajstić information content (AvgIpc) is 2.73. The molecule has 0 bridgehead atoms. The van der Waals surface area contributed by atoms with E-state index in [-0.39, 0.29) is 18.6 Å². The van der Waals surface area contributed by atoms with Crippen LogP contribution in [0, 0.1) is 13.8 Å². The summed E-state index contributed by atoms with van der Waals surface area (Å²) in [5.74, 6) is -0.887. The van der Waals surface area contributed by atoms with E-state index in [2.05, 4.69) is 22.2 Å². The number of aromatic nitrogens is 2. The third-order valence-electron chi connectivity index (χ3n) is 4.76. The molecule has 1 atom stereocenters. The van der Waals surface area contributed by atoms with Crippen LogP contribution in [0.3, 0.4) is 0 Å². The number of rotatable bonds is 7. The molecule has 3 rings (SSSR count). The minimum absolute atomic E-state index is 0.102. The third-order valence-corrected chi connectivity index (χ3v) is 4.76. The molecule has 29 heavy (non-hydrogen) atoms. The molecule has 0 aliphatic carbocycles. The van der Waals surface area contributed by atoms with Gasteiger partial charge >= 0.3 is 5.97 Å². The van der Waals surface area contributed by atoms with Crippen molar-refractivity contribution in [2.75, 3.05) is 6.61 Å². The molecule has 1 aromatic heterocycles. The molecule has 0 radical (unpaired) electrons. The van der Waals surface area contributed by atoms with Crippen LogP contribution in [0.4, 0.5) is 0 Å². The Hall–Kier alpha value is -3.28. The topological polar surface area (TPSA) is 81.2 Å². The van der Waals surface area contributed by atoms with E-state index >= 15 is 0 Å². The molecule has 6 heteroatoms. The van der Waals surface area contributed by atoms with E-state index in [1.54, 1.807) is 18.2 Å². The molecule has 0 spiro atoms. The molecule has 0 fully saturated rings. The highest BCUT2D eigenvalue weighted by atomic mass is 16.5. The molecule has 6 nitrogen and oxygen atoms in total. The number of ether oxygens (including phenoxy) is 1. The third kappa shape index (κ3) is 5.16. The minimum Gasteiger partial charge on any atom is -0.452 e. The van der Waals surface area contributed by atoms with Gasteiger partial charge in [0, 0.05) is 0 Å². The number of fused-ring (bicyclic) bond motifs is 1. The Labute approximate surface area is 170 Å². The average molecular weight is 391 g/mol. The maximum Gasteiger partial charge on any atom is 0.338 e. The molecule has 0 saturated heterocycles. The van der Waals surface area contributed by atoms with Crippen molar-refractivity contribution in [3.05, 3.63) is 71.0 Å². The molecule has 3 aromatic rings. The summed E-state index contributed by atoms with van der Waals surface area (Å²) >= 11 is 0. The molecular formula is C23H25N3O3. The molecule has 0 aliphatic heterocycles. The highest BCUT2D eigenvalue weighted by Crippen LogP contribution is 2.18. The Bertz CT molecular complexity index is 1020. The molecule has 1 N–H and O–H groups in total. The lowest BCUT2D eigenvalue weighted by Gasteiger charge is -2.18. The first-order valence-electron chi connectivity index (χ1n) is 9.74. The standard InChI is InChI=1S/C23H25N3O3/c1-4-8-19(17-9-6-5-7-10-17)26-22(27)14-29-23(28)18-11-12-20-21(13-18)25-16(3)15(2)24-20/h5-7,9-13,19H,4,8,14H2,1-3H3,(H,26,27)/t19-/m1/s1. The number of hydrogen-bond acceptors (Lipinski definition) is 5. The van der Waals surface area contributed by atoms with Crippen LogP contribution in [0.2, 0.25) is 0 Å². The number of carbonyl (C=O) groups is 2. The van der Waals surface area contributed by atoms with Crippen molar-refractivity contribution in [2.24, 2.45) is 0 Å². The van der Waals surface area contributed by atoms with Crippen molar-refractivity contribution in [3.8, 4) is 0 Å². The van der Waals surface area contributed by atoms with Gasteiger partial charge in [-0.15, -0.1) is 0 Å². The zero-order valence-corrected chi connectivity index (χ0v) is 16.9. The van der Waals surface area contributed by atoms with Gasteiger partial charge in [-0.25, -0.2) is 14.8 Å². The van der Waals surface area contributed by atoms with Gasteiger partial charge in [-0.1, -0.05) is 43.7 Å². The number of nitrogens with zero attached hydrogens (tertiary/aromatic N) is 2. The quantitative estimate of drug-likeness (QED) is 0.614. The Kier molecular flexibility index (Phi) is 6.54. The summed E-state index contributed by atoms with van der Waals surface area (Å²) in [6, 6.07) is 14.7. The van der Waals surface area contributed by atoms with Crippen LogP contribution in [0.25, 0.3) is 11.0 Å². The number of benzene rings is 2. The van der Waals surface area contributed by atoms with E-state index in [1.807, 2.05) is 44.2 Å². The van der Waals surface area contributed by atoms with Crippen LogP contribution in [0.15, 0.2) is 48.5 Å². The van der Waals surface area contributed by atoms with Crippen LogP contribution in [0.1, 0.15) is 53.1 Å². The van der Waals surface area contributed by atoms with Gasteiger partial charge in [0.15, 0.2) is 6.61 Å². The second kappa shape index (κ2) is 9.28. The summed E-state index contributed by atoms with van der Waals surface area (Å²) < 4.78 is 5.21. The SMILES string of the molecule is CCC[C@@H](NC(=O)COC(=O)c1ccc2nc(C)c(C)nc2c1)c1ccccc1. The van der Waals surface area contributed by atoms with Gasteiger partial charge in [-0.05, 0) is 44.0 Å². The van der Waals surface area contributed by atoms with Crippen LogP contribution < -0.4 is 5.32 Å². The smallest absolute Gasteiger partial charge is 0.338 e. The van der Waals surface area contributed by atoms with E-state index in [0.29, 0.717) is 16.6 Å². The molecule has 2 aromatic carbocycles. The second-order valence-electron chi connectivity index (χ2n) is 6.99. The lowest BCUT2D eigenvalue weighted by Crippen LogP contribution is -2.32. The van der Waals surface area contributed by atoms with E-state index < -0.39 is 5.97 Å². The lowest BCUT2D eigenvalue weighted by molar-refractivity contribution is -0.125. The van der Waals surface area contributed by atoms with Crippen LogP contribution >= 0.6 is 0 Å². The molecular weight excluding hydrogens is 366 g/mol. The van der Waals surface area contributed by atoms with Gasteiger partial charge in [0.25, 0.3) is 5.91 Å². The maximum absolute atomic E-state index is 12.4. The zero-order chi connectivity index (χ0) is 20.8. The van der Waals surface area contributed by atoms with Crippen molar-refractivity contribution in [3.63, 3.8) is 0 Å². The van der Waals surface area contributed by atoms with Gasteiger partial charge in [-0.3, -0.25) is 4.79 Å². The Balaban J connectivity index is 1.63. The molecule has 150 valence electrons. The summed E-state index contributed by atoms with van der Waals surface area (Å²) in [4.78, 5) is 33.6. The van der Waals surface area contributed by atoms with Gasteiger partial charge < -0.3 is 10.1 Å². The van der Waals surface area contributed by atoms with Crippen molar-refractivity contribution in [1.29, 1.82) is 0 Å². The van der Waals surface area contributed by atoms with E-state index in [9.17, 15) is 9.59 Å². The van der Waals surface area contributed by atoms with Crippen molar-refractivity contribution < 1.29 is 14.3 Å². The van der Waals surface area contributed by atoms with Crippen LogP contribution in [-0.2, 0) is 9.53 Å². The second-order valence-corrected chi connectivity index (χ2v) is 6.99. The number of nitrogens with one attached hydrogen (secondary N) is 1. The molecule has 1 amide bonds. The largest absolute Gasteiger partial charge is 0.452 e. The fraction of sp³-hybridized carbons (Fsp3) is 0.304. The number of hydrogen-bond donors (Lipinski definition) is 1. The Morgan fingerprint density at radius 3 is 2.38 bits per heavy atom. The molecule has 1 heterocycles. The highest BCUT2D eigenvalue weighted by Gasteiger charge is 2.16. The van der Waals surface area contributed by atoms with Crippen LogP contribution in [-0.4, -0.2) is 28.5 Å². The van der Waals surface area contributed by atoms with Crippen LogP contribution in [0.5, 0.6) is 0 Å². The summed E-state index contributed by atoms with van der Waals surface area (Å²) in [6.07, 6.45) is 1.74. The van der Waals surface area contributed by atoms with Crippen molar-refractivity contribution >= 4 is 22.9 Å². The molecule has 0 saturated carbocycles. The van der Waals surface area contributed by atoms with Crippen molar-refractivity contribution in [2.45, 2.75) is 39.7 Å².